The van der Waals surface area contributed by atoms with Crippen LogP contribution in [0.3, 0.4) is 0 Å². The van der Waals surface area contributed by atoms with Gasteiger partial charge in [-0.3, -0.25) is 14.2 Å². The van der Waals surface area contributed by atoms with Crippen molar-refractivity contribution in [1.82, 2.24) is 14.5 Å². The molecular formula is C31H29Cl2FN4O5. The van der Waals surface area contributed by atoms with Gasteiger partial charge in [-0.2, -0.15) is 0 Å². The molecule has 2 heterocycles. The first-order chi connectivity index (χ1) is 20.6. The molecule has 3 aromatic carbocycles. The van der Waals surface area contributed by atoms with Gasteiger partial charge in [-0.15, -0.1) is 0 Å². The average molecular weight is 627 g/mol. The molecule has 43 heavy (non-hydrogen) atoms. The number of ether oxygens (including phenoxy) is 2. The minimum absolute atomic E-state index is 0.159. The normalized spacial score (nSPS) is 14.6. The highest BCUT2D eigenvalue weighted by Gasteiger charge is 2.21. The summed E-state index contributed by atoms with van der Waals surface area (Å²) in [4.78, 5) is 37.6. The van der Waals surface area contributed by atoms with E-state index in [1.165, 1.54) is 33.5 Å². The zero-order valence-corrected chi connectivity index (χ0v) is 25.2. The standard InChI is InChI=1S/C31H29Cl2FN4O5/c1-37-15-23(30(40)38(2)31(37)41)29(39)36-25-9-5-8-21(28(25)33)20-7-4-6-19(27(20)32)17-12-24(34)22(26(13-17)42-3)14-35-18-10-11-43-16-18/h4-9,12-13,15,18,35H,10-11,14,16H2,1-3H3,(H,36,39)/t18-/m1/s1. The van der Waals surface area contributed by atoms with Crippen LogP contribution in [0, 0.1) is 5.82 Å². The fraction of sp³-hybridized carbons (Fsp3) is 0.258. The van der Waals surface area contributed by atoms with Crippen molar-refractivity contribution >= 4 is 34.8 Å². The molecule has 0 aliphatic carbocycles. The number of carbonyl (C=O) groups is 1. The molecule has 5 rings (SSSR count). The molecule has 0 spiro atoms. The van der Waals surface area contributed by atoms with Gasteiger partial charge < -0.3 is 24.7 Å². The van der Waals surface area contributed by atoms with Crippen LogP contribution < -0.4 is 26.6 Å². The topological polar surface area (TPSA) is 104 Å². The van der Waals surface area contributed by atoms with Gasteiger partial charge in [0.15, 0.2) is 0 Å². The molecule has 1 amide bonds. The van der Waals surface area contributed by atoms with E-state index in [1.807, 2.05) is 0 Å². The lowest BCUT2D eigenvalue weighted by atomic mass is 9.97. The molecule has 0 unspecified atom stereocenters. The van der Waals surface area contributed by atoms with Crippen molar-refractivity contribution in [2.24, 2.45) is 14.1 Å². The van der Waals surface area contributed by atoms with E-state index in [-0.39, 0.29) is 28.9 Å². The number of hydrogen-bond donors (Lipinski definition) is 2. The lowest BCUT2D eigenvalue weighted by Crippen LogP contribution is -2.40. The van der Waals surface area contributed by atoms with Crippen LogP contribution in [0.15, 0.2) is 64.3 Å². The van der Waals surface area contributed by atoms with Crippen LogP contribution in [0.25, 0.3) is 22.3 Å². The van der Waals surface area contributed by atoms with E-state index in [1.54, 1.807) is 42.5 Å². The minimum atomic E-state index is -0.736. The molecule has 1 aliphatic heterocycles. The fourth-order valence-electron chi connectivity index (χ4n) is 5.02. The summed E-state index contributed by atoms with van der Waals surface area (Å²) in [6, 6.07) is 13.6. The smallest absolute Gasteiger partial charge is 0.330 e. The van der Waals surface area contributed by atoms with Crippen molar-refractivity contribution in [1.29, 1.82) is 0 Å². The Labute approximate surface area is 256 Å². The van der Waals surface area contributed by atoms with Crippen LogP contribution in [0.2, 0.25) is 10.0 Å². The van der Waals surface area contributed by atoms with Gasteiger partial charge >= 0.3 is 5.69 Å². The summed E-state index contributed by atoms with van der Waals surface area (Å²) in [6.07, 6.45) is 2.04. The first-order valence-corrected chi connectivity index (χ1v) is 14.2. The monoisotopic (exact) mass is 626 g/mol. The van der Waals surface area contributed by atoms with Crippen molar-refractivity contribution in [3.8, 4) is 28.0 Å². The molecule has 0 bridgehead atoms. The number of aryl methyl sites for hydroxylation is 1. The van der Waals surface area contributed by atoms with E-state index in [0.29, 0.717) is 51.8 Å². The Morgan fingerprint density at radius 1 is 1.07 bits per heavy atom. The van der Waals surface area contributed by atoms with Crippen LogP contribution in [0.1, 0.15) is 22.3 Å². The first-order valence-electron chi connectivity index (χ1n) is 13.4. The maximum absolute atomic E-state index is 15.4. The highest BCUT2D eigenvalue weighted by Crippen LogP contribution is 2.42. The third kappa shape index (κ3) is 6.09. The number of anilines is 1. The highest BCUT2D eigenvalue weighted by atomic mass is 35.5. The molecular weight excluding hydrogens is 598 g/mol. The Balaban J connectivity index is 1.47. The van der Waals surface area contributed by atoms with Crippen LogP contribution in [-0.4, -0.2) is 41.4 Å². The fourth-order valence-corrected chi connectivity index (χ4v) is 5.63. The van der Waals surface area contributed by atoms with Crippen molar-refractivity contribution in [2.75, 3.05) is 25.6 Å². The minimum Gasteiger partial charge on any atom is -0.496 e. The predicted octanol–water partition coefficient (Wildman–Crippen LogP) is 5.00. The lowest BCUT2D eigenvalue weighted by molar-refractivity contribution is 0.102. The van der Waals surface area contributed by atoms with E-state index < -0.39 is 23.0 Å². The number of hydrogen-bond acceptors (Lipinski definition) is 6. The summed E-state index contributed by atoms with van der Waals surface area (Å²) >= 11 is 13.6. The first kappa shape index (κ1) is 30.5. The van der Waals surface area contributed by atoms with Crippen molar-refractivity contribution in [3.63, 3.8) is 0 Å². The number of benzene rings is 3. The summed E-state index contributed by atoms with van der Waals surface area (Å²) in [5.41, 5.74) is 1.25. The van der Waals surface area contributed by atoms with Crippen molar-refractivity contribution < 1.29 is 18.7 Å². The molecule has 12 heteroatoms. The average Bonchev–Trinajstić information content (AvgIpc) is 3.52. The summed E-state index contributed by atoms with van der Waals surface area (Å²) in [5, 5.41) is 6.46. The van der Waals surface area contributed by atoms with E-state index in [0.717, 1.165) is 15.6 Å². The molecule has 1 saturated heterocycles. The van der Waals surface area contributed by atoms with Gasteiger partial charge in [-0.1, -0.05) is 53.5 Å². The number of methoxy groups -OCH3 is 1. The Hall–Kier alpha value is -3.96. The van der Waals surface area contributed by atoms with E-state index in [9.17, 15) is 14.4 Å². The van der Waals surface area contributed by atoms with Gasteiger partial charge in [0.05, 0.1) is 29.4 Å². The zero-order valence-electron chi connectivity index (χ0n) is 23.7. The number of amides is 1. The molecule has 1 fully saturated rings. The second kappa shape index (κ2) is 12.7. The molecule has 4 aromatic rings. The van der Waals surface area contributed by atoms with E-state index >= 15 is 4.39 Å². The van der Waals surface area contributed by atoms with Crippen LogP contribution >= 0.6 is 23.2 Å². The van der Waals surface area contributed by atoms with Gasteiger partial charge in [0.1, 0.15) is 17.1 Å². The summed E-state index contributed by atoms with van der Waals surface area (Å²) in [7, 11) is 4.23. The highest BCUT2D eigenvalue weighted by molar-refractivity contribution is 6.39. The Morgan fingerprint density at radius 2 is 1.77 bits per heavy atom. The van der Waals surface area contributed by atoms with E-state index in [4.69, 9.17) is 32.7 Å². The molecule has 2 N–H and O–H groups in total. The molecule has 1 atom stereocenters. The van der Waals surface area contributed by atoms with Gasteiger partial charge in [0, 0.05) is 61.7 Å². The zero-order chi connectivity index (χ0) is 30.8. The maximum atomic E-state index is 15.4. The van der Waals surface area contributed by atoms with Crippen LogP contribution in [-0.2, 0) is 25.4 Å². The van der Waals surface area contributed by atoms with Gasteiger partial charge in [0.25, 0.3) is 11.5 Å². The SMILES string of the molecule is COc1cc(-c2cccc(-c3cccc(NC(=O)c4cn(C)c(=O)n(C)c4=O)c3Cl)c2Cl)cc(F)c1CN[C@@H]1CCOC1. The number of nitrogens with zero attached hydrogens (tertiary/aromatic N) is 2. The number of nitrogens with one attached hydrogen (secondary N) is 2. The maximum Gasteiger partial charge on any atom is 0.330 e. The quantitative estimate of drug-likeness (QED) is 0.285. The van der Waals surface area contributed by atoms with Crippen LogP contribution in [0.4, 0.5) is 10.1 Å². The number of rotatable bonds is 8. The summed E-state index contributed by atoms with van der Waals surface area (Å²) in [6.45, 7) is 1.56. The number of aromatic nitrogens is 2. The molecule has 1 aromatic heterocycles. The predicted molar refractivity (Wildman–Crippen MR) is 165 cm³/mol. The second-order valence-electron chi connectivity index (χ2n) is 10.2. The Kier molecular flexibility index (Phi) is 9.03. The summed E-state index contributed by atoms with van der Waals surface area (Å²) < 4.78 is 28.3. The van der Waals surface area contributed by atoms with Gasteiger partial charge in [0.2, 0.25) is 0 Å². The largest absolute Gasteiger partial charge is 0.496 e. The number of halogens is 3. The second-order valence-corrected chi connectivity index (χ2v) is 10.9. The third-order valence-electron chi connectivity index (χ3n) is 7.41. The van der Waals surface area contributed by atoms with Crippen molar-refractivity contribution in [2.45, 2.75) is 19.0 Å². The van der Waals surface area contributed by atoms with Gasteiger partial charge in [-0.25, -0.2) is 9.18 Å². The summed E-state index contributed by atoms with van der Waals surface area (Å²) in [5.74, 6) is -0.780. The molecule has 0 radical (unpaired) electrons. The molecule has 0 saturated carbocycles. The van der Waals surface area contributed by atoms with E-state index in [2.05, 4.69) is 10.6 Å². The Morgan fingerprint density at radius 3 is 2.47 bits per heavy atom. The van der Waals surface area contributed by atoms with Crippen LogP contribution in [0.5, 0.6) is 5.75 Å². The van der Waals surface area contributed by atoms with Crippen molar-refractivity contribution in [3.05, 3.63) is 103 Å². The van der Waals surface area contributed by atoms with Gasteiger partial charge in [-0.05, 0) is 30.2 Å². The molecule has 9 nitrogen and oxygen atoms in total. The lowest BCUT2D eigenvalue weighted by Gasteiger charge is -2.17. The Bertz CT molecular complexity index is 1830. The molecule has 1 aliphatic rings. The number of carbonyl (C=O) groups excluding carboxylic acids is 1. The molecule has 224 valence electrons. The third-order valence-corrected chi connectivity index (χ3v) is 8.22.